The molecule has 0 bridgehead atoms. The fourth-order valence-electron chi connectivity index (χ4n) is 1.23. The summed E-state index contributed by atoms with van der Waals surface area (Å²) < 4.78 is 10.6. The zero-order chi connectivity index (χ0) is 11.4. The fraction of sp³-hybridized carbons (Fsp3) is 0.167. The molecule has 0 radical (unpaired) electrons. The molecule has 0 spiro atoms. The van der Waals surface area contributed by atoms with E-state index >= 15 is 0 Å². The smallest absolute Gasteiger partial charge is 0.147 e. The number of furan rings is 2. The van der Waals surface area contributed by atoms with Crippen LogP contribution in [-0.2, 0) is 0 Å². The Balaban J connectivity index is 1.96. The van der Waals surface area contributed by atoms with Crippen molar-refractivity contribution in [1.82, 2.24) is 0 Å². The molecule has 2 aromatic heterocycles. The van der Waals surface area contributed by atoms with E-state index in [1.54, 1.807) is 12.4 Å². The van der Waals surface area contributed by atoms with E-state index in [9.17, 15) is 0 Å². The predicted molar refractivity (Wildman–Crippen MR) is 62.1 cm³/mol. The lowest BCUT2D eigenvalue weighted by Crippen LogP contribution is -1.75. The Morgan fingerprint density at radius 1 is 0.812 bits per heavy atom. The molecule has 2 aromatic rings. The minimum absolute atomic E-state index is 0.685. The normalized spacial score (nSPS) is 11.9. The van der Waals surface area contributed by atoms with Crippen molar-refractivity contribution in [2.24, 2.45) is 10.2 Å². The molecule has 4 heteroatoms. The second kappa shape index (κ2) is 4.61. The summed E-state index contributed by atoms with van der Waals surface area (Å²) in [5.74, 6) is 3.08. The van der Waals surface area contributed by atoms with Gasteiger partial charge in [-0.25, -0.2) is 0 Å². The van der Waals surface area contributed by atoms with Crippen LogP contribution in [0.25, 0.3) is 0 Å². The summed E-state index contributed by atoms with van der Waals surface area (Å²) in [6.45, 7) is 3.76. The van der Waals surface area contributed by atoms with Crippen LogP contribution in [0.2, 0.25) is 0 Å². The third kappa shape index (κ3) is 2.70. The summed E-state index contributed by atoms with van der Waals surface area (Å²) in [5, 5.41) is 7.70. The van der Waals surface area contributed by atoms with Gasteiger partial charge in [-0.15, -0.1) is 0 Å². The molecule has 2 heterocycles. The van der Waals surface area contributed by atoms with E-state index in [1.165, 1.54) is 0 Å². The molecule has 16 heavy (non-hydrogen) atoms. The van der Waals surface area contributed by atoms with Crippen molar-refractivity contribution in [3.8, 4) is 0 Å². The maximum atomic E-state index is 5.29. The van der Waals surface area contributed by atoms with Crippen LogP contribution < -0.4 is 0 Å². The summed E-state index contributed by atoms with van der Waals surface area (Å²) in [4.78, 5) is 0. The highest BCUT2D eigenvalue weighted by Gasteiger charge is 1.93. The van der Waals surface area contributed by atoms with Crippen molar-refractivity contribution in [1.29, 1.82) is 0 Å². The summed E-state index contributed by atoms with van der Waals surface area (Å²) in [6.07, 6.45) is 3.11. The maximum absolute atomic E-state index is 5.29. The molecule has 0 amide bonds. The third-order valence-electron chi connectivity index (χ3n) is 1.96. The van der Waals surface area contributed by atoms with Crippen molar-refractivity contribution in [3.05, 3.63) is 47.3 Å². The molecule has 0 fully saturated rings. The molecule has 0 unspecified atom stereocenters. The fourth-order valence-corrected chi connectivity index (χ4v) is 1.23. The van der Waals surface area contributed by atoms with E-state index in [0.29, 0.717) is 11.5 Å². The molecule has 0 atom stereocenters. The van der Waals surface area contributed by atoms with Gasteiger partial charge in [0, 0.05) is 0 Å². The van der Waals surface area contributed by atoms with E-state index in [1.807, 2.05) is 38.1 Å². The first kappa shape index (κ1) is 10.4. The summed E-state index contributed by atoms with van der Waals surface area (Å²) in [7, 11) is 0. The van der Waals surface area contributed by atoms with Gasteiger partial charge in [0.25, 0.3) is 0 Å². The number of rotatable bonds is 3. The summed E-state index contributed by atoms with van der Waals surface area (Å²) in [5.41, 5.74) is 0. The quantitative estimate of drug-likeness (QED) is 0.585. The highest BCUT2D eigenvalue weighted by molar-refractivity contribution is 5.79. The van der Waals surface area contributed by atoms with E-state index in [0.717, 1.165) is 11.5 Å². The van der Waals surface area contributed by atoms with Crippen molar-refractivity contribution in [2.45, 2.75) is 13.8 Å². The van der Waals surface area contributed by atoms with Crippen LogP contribution in [0, 0.1) is 13.8 Å². The van der Waals surface area contributed by atoms with Crippen LogP contribution in [0.1, 0.15) is 23.0 Å². The average Bonchev–Trinajstić information content (AvgIpc) is 2.83. The van der Waals surface area contributed by atoms with Crippen molar-refractivity contribution >= 4 is 12.4 Å². The number of aryl methyl sites for hydroxylation is 2. The molecular weight excluding hydrogens is 204 g/mol. The average molecular weight is 216 g/mol. The summed E-state index contributed by atoms with van der Waals surface area (Å²) in [6, 6.07) is 7.43. The minimum atomic E-state index is 0.685. The van der Waals surface area contributed by atoms with Gasteiger partial charge in [0.2, 0.25) is 0 Å². The lowest BCUT2D eigenvalue weighted by atomic mass is 10.4. The topological polar surface area (TPSA) is 51.0 Å². The molecule has 0 N–H and O–H groups in total. The van der Waals surface area contributed by atoms with Gasteiger partial charge in [0.05, 0.1) is 12.4 Å². The number of hydrogen-bond donors (Lipinski definition) is 0. The van der Waals surface area contributed by atoms with Gasteiger partial charge in [-0.2, -0.15) is 10.2 Å². The van der Waals surface area contributed by atoms with Crippen molar-refractivity contribution < 1.29 is 8.83 Å². The van der Waals surface area contributed by atoms with Crippen molar-refractivity contribution in [2.75, 3.05) is 0 Å². The second-order valence-electron chi connectivity index (χ2n) is 3.39. The van der Waals surface area contributed by atoms with Crippen LogP contribution in [-0.4, -0.2) is 12.4 Å². The molecular formula is C12H12N2O2. The van der Waals surface area contributed by atoms with Crippen LogP contribution >= 0.6 is 0 Å². The Labute approximate surface area is 93.3 Å². The van der Waals surface area contributed by atoms with E-state index < -0.39 is 0 Å². The van der Waals surface area contributed by atoms with Gasteiger partial charge in [0.1, 0.15) is 23.0 Å². The Hall–Kier alpha value is -2.10. The Morgan fingerprint density at radius 2 is 1.25 bits per heavy atom. The Bertz CT molecular complexity index is 472. The molecule has 0 aliphatic rings. The zero-order valence-electron chi connectivity index (χ0n) is 9.18. The standard InChI is InChI=1S/C12H12N2O2/c1-9-3-5-11(15-9)7-13-14-8-12-6-4-10(2)16-12/h3-8H,1-2H3/b13-7+,14-8+. The molecule has 4 nitrogen and oxygen atoms in total. The van der Waals surface area contributed by atoms with Crippen LogP contribution in [0.5, 0.6) is 0 Å². The zero-order valence-corrected chi connectivity index (χ0v) is 9.18. The van der Waals surface area contributed by atoms with E-state index in [2.05, 4.69) is 10.2 Å². The monoisotopic (exact) mass is 216 g/mol. The highest BCUT2D eigenvalue weighted by atomic mass is 16.3. The molecule has 0 aromatic carbocycles. The van der Waals surface area contributed by atoms with Gasteiger partial charge < -0.3 is 8.83 Å². The van der Waals surface area contributed by atoms with Gasteiger partial charge in [-0.3, -0.25) is 0 Å². The molecule has 0 saturated carbocycles. The van der Waals surface area contributed by atoms with E-state index in [-0.39, 0.29) is 0 Å². The number of nitrogens with zero attached hydrogens (tertiary/aromatic N) is 2. The summed E-state index contributed by atoms with van der Waals surface area (Å²) >= 11 is 0. The SMILES string of the molecule is Cc1ccc(/C=N/N=C/c2ccc(C)o2)o1. The van der Waals surface area contributed by atoms with Gasteiger partial charge in [-0.05, 0) is 38.1 Å². The molecule has 82 valence electrons. The van der Waals surface area contributed by atoms with Gasteiger partial charge >= 0.3 is 0 Å². The van der Waals surface area contributed by atoms with Gasteiger partial charge in [-0.1, -0.05) is 0 Å². The first-order valence-corrected chi connectivity index (χ1v) is 4.93. The lowest BCUT2D eigenvalue weighted by molar-refractivity contribution is 0.526. The third-order valence-corrected chi connectivity index (χ3v) is 1.96. The lowest BCUT2D eigenvalue weighted by Gasteiger charge is -1.83. The minimum Gasteiger partial charge on any atom is -0.460 e. The van der Waals surface area contributed by atoms with Gasteiger partial charge in [0.15, 0.2) is 0 Å². The molecule has 0 aliphatic heterocycles. The molecule has 2 rings (SSSR count). The van der Waals surface area contributed by atoms with Crippen LogP contribution in [0.4, 0.5) is 0 Å². The van der Waals surface area contributed by atoms with Crippen LogP contribution in [0.15, 0.2) is 43.3 Å². The Morgan fingerprint density at radius 3 is 1.56 bits per heavy atom. The first-order valence-electron chi connectivity index (χ1n) is 4.93. The van der Waals surface area contributed by atoms with E-state index in [4.69, 9.17) is 8.83 Å². The van der Waals surface area contributed by atoms with Crippen LogP contribution in [0.3, 0.4) is 0 Å². The highest BCUT2D eigenvalue weighted by Crippen LogP contribution is 2.04. The number of hydrogen-bond acceptors (Lipinski definition) is 4. The predicted octanol–water partition coefficient (Wildman–Crippen LogP) is 2.94. The van der Waals surface area contributed by atoms with Crippen molar-refractivity contribution in [3.63, 3.8) is 0 Å². The second-order valence-corrected chi connectivity index (χ2v) is 3.39. The largest absolute Gasteiger partial charge is 0.460 e. The Kier molecular flexibility index (Phi) is 3.00. The maximum Gasteiger partial charge on any atom is 0.147 e. The molecule has 0 saturated heterocycles. The molecule has 0 aliphatic carbocycles. The first-order chi connectivity index (χ1) is 7.74.